The summed E-state index contributed by atoms with van der Waals surface area (Å²) in [6.07, 6.45) is 3.39. The standard InChI is InChI=1S/C12H20NO4/c1-12(2,3)17-11(15)8-16-10-4-6-13(9-14)7-5-10/h10H,4-8H2,1-3H3. The molecule has 1 aliphatic rings. The fraction of sp³-hybridized carbons (Fsp3) is 0.833. The molecule has 1 radical (unpaired) electrons. The number of likely N-dealkylation sites (tertiary alicyclic amines) is 1. The van der Waals surface area contributed by atoms with Gasteiger partial charge in [0.2, 0.25) is 0 Å². The summed E-state index contributed by atoms with van der Waals surface area (Å²) >= 11 is 0. The molecular weight excluding hydrogens is 222 g/mol. The van der Waals surface area contributed by atoms with Crippen molar-refractivity contribution in [2.45, 2.75) is 45.3 Å². The van der Waals surface area contributed by atoms with Crippen molar-refractivity contribution in [1.29, 1.82) is 0 Å². The van der Waals surface area contributed by atoms with Crippen LogP contribution in [-0.4, -0.2) is 48.7 Å². The van der Waals surface area contributed by atoms with E-state index in [1.165, 1.54) is 0 Å². The first-order valence-electron chi connectivity index (χ1n) is 5.87. The molecule has 0 unspecified atom stereocenters. The Hall–Kier alpha value is -1.10. The predicted octanol–water partition coefficient (Wildman–Crippen LogP) is 0.876. The summed E-state index contributed by atoms with van der Waals surface area (Å²) < 4.78 is 10.6. The molecule has 97 valence electrons. The lowest BCUT2D eigenvalue weighted by atomic mass is 10.1. The van der Waals surface area contributed by atoms with E-state index < -0.39 is 5.60 Å². The van der Waals surface area contributed by atoms with E-state index >= 15 is 0 Å². The monoisotopic (exact) mass is 242 g/mol. The van der Waals surface area contributed by atoms with E-state index in [-0.39, 0.29) is 18.7 Å². The molecule has 0 aromatic rings. The summed E-state index contributed by atoms with van der Waals surface area (Å²) in [5, 5.41) is 0. The highest BCUT2D eigenvalue weighted by Crippen LogP contribution is 2.13. The fourth-order valence-corrected chi connectivity index (χ4v) is 1.67. The topological polar surface area (TPSA) is 55.8 Å². The lowest BCUT2D eigenvalue weighted by Gasteiger charge is -2.28. The average molecular weight is 242 g/mol. The molecule has 0 bridgehead atoms. The van der Waals surface area contributed by atoms with Gasteiger partial charge < -0.3 is 14.4 Å². The molecule has 5 nitrogen and oxygen atoms in total. The van der Waals surface area contributed by atoms with Gasteiger partial charge in [0.15, 0.2) is 0 Å². The molecule has 0 aromatic carbocycles. The highest BCUT2D eigenvalue weighted by Gasteiger charge is 2.21. The van der Waals surface area contributed by atoms with Crippen LogP contribution in [0.2, 0.25) is 0 Å². The molecular formula is C12H20NO4. The molecule has 1 aliphatic heterocycles. The summed E-state index contributed by atoms with van der Waals surface area (Å²) in [7, 11) is 0. The zero-order chi connectivity index (χ0) is 12.9. The van der Waals surface area contributed by atoms with Crippen LogP contribution in [0.3, 0.4) is 0 Å². The summed E-state index contributed by atoms with van der Waals surface area (Å²) in [6, 6.07) is 0. The number of esters is 1. The number of nitrogens with zero attached hydrogens (tertiary/aromatic N) is 1. The zero-order valence-electron chi connectivity index (χ0n) is 10.7. The van der Waals surface area contributed by atoms with Gasteiger partial charge in [-0.25, -0.2) is 4.79 Å². The van der Waals surface area contributed by atoms with Crippen LogP contribution in [0.1, 0.15) is 33.6 Å². The molecule has 1 amide bonds. The number of carbonyl (C=O) groups excluding carboxylic acids is 2. The number of hydrogen-bond donors (Lipinski definition) is 0. The van der Waals surface area contributed by atoms with E-state index in [0.717, 1.165) is 12.8 Å². The zero-order valence-corrected chi connectivity index (χ0v) is 10.7. The van der Waals surface area contributed by atoms with Gasteiger partial charge in [-0.1, -0.05) is 0 Å². The van der Waals surface area contributed by atoms with Gasteiger partial charge in [-0.15, -0.1) is 0 Å². The van der Waals surface area contributed by atoms with Crippen molar-refractivity contribution >= 4 is 12.4 Å². The second kappa shape index (κ2) is 6.00. The summed E-state index contributed by atoms with van der Waals surface area (Å²) in [6.45, 7) is 6.73. The molecule has 1 saturated heterocycles. The molecule has 1 heterocycles. The number of carbonyl (C=O) groups is 1. The third-order valence-corrected chi connectivity index (χ3v) is 2.43. The van der Waals surface area contributed by atoms with Gasteiger partial charge in [0.05, 0.1) is 6.10 Å². The maximum atomic E-state index is 11.4. The first-order valence-corrected chi connectivity index (χ1v) is 5.87. The largest absolute Gasteiger partial charge is 0.458 e. The average Bonchev–Trinajstić information content (AvgIpc) is 2.25. The molecule has 1 rings (SSSR count). The van der Waals surface area contributed by atoms with Gasteiger partial charge in [0.25, 0.3) is 0 Å². The van der Waals surface area contributed by atoms with E-state index in [1.54, 1.807) is 4.90 Å². The van der Waals surface area contributed by atoms with Gasteiger partial charge in [-0.2, -0.15) is 0 Å². The van der Waals surface area contributed by atoms with Crippen LogP contribution < -0.4 is 0 Å². The van der Waals surface area contributed by atoms with Crippen molar-refractivity contribution in [3.63, 3.8) is 0 Å². The maximum Gasteiger partial charge on any atom is 0.332 e. The van der Waals surface area contributed by atoms with Crippen molar-refractivity contribution in [2.24, 2.45) is 0 Å². The molecule has 5 heteroatoms. The van der Waals surface area contributed by atoms with Crippen LogP contribution in [0.5, 0.6) is 0 Å². The highest BCUT2D eigenvalue weighted by molar-refractivity contribution is 5.71. The third kappa shape index (κ3) is 5.68. The van der Waals surface area contributed by atoms with Crippen molar-refractivity contribution in [3.05, 3.63) is 0 Å². The second-order valence-corrected chi connectivity index (χ2v) is 5.18. The molecule has 17 heavy (non-hydrogen) atoms. The summed E-state index contributed by atoms with van der Waals surface area (Å²) in [5.41, 5.74) is -0.476. The Bertz CT molecular complexity index is 264. The van der Waals surface area contributed by atoms with E-state index in [4.69, 9.17) is 9.47 Å². The molecule has 0 spiro atoms. The lowest BCUT2D eigenvalue weighted by molar-refractivity contribution is -0.163. The minimum atomic E-state index is -0.476. The number of piperidine rings is 1. The van der Waals surface area contributed by atoms with Crippen LogP contribution in [0, 0.1) is 0 Å². The Kier molecular flexibility index (Phi) is 4.93. The highest BCUT2D eigenvalue weighted by atomic mass is 16.6. The van der Waals surface area contributed by atoms with Crippen molar-refractivity contribution in [2.75, 3.05) is 19.7 Å². The first-order chi connectivity index (χ1) is 7.90. The van der Waals surface area contributed by atoms with Crippen molar-refractivity contribution in [1.82, 2.24) is 4.90 Å². The van der Waals surface area contributed by atoms with Gasteiger partial charge >= 0.3 is 12.4 Å². The summed E-state index contributed by atoms with van der Waals surface area (Å²) in [4.78, 5) is 23.4. The van der Waals surface area contributed by atoms with Crippen LogP contribution in [0.25, 0.3) is 0 Å². The molecule has 1 fully saturated rings. The Morgan fingerprint density at radius 3 is 2.41 bits per heavy atom. The molecule has 0 aliphatic carbocycles. The smallest absolute Gasteiger partial charge is 0.332 e. The normalized spacial score (nSPS) is 17.9. The second-order valence-electron chi connectivity index (χ2n) is 5.18. The Labute approximate surface area is 102 Å². The van der Waals surface area contributed by atoms with E-state index in [2.05, 4.69) is 0 Å². The third-order valence-electron chi connectivity index (χ3n) is 2.43. The minimum absolute atomic E-state index is 0.0211. The molecule has 0 atom stereocenters. The van der Waals surface area contributed by atoms with Crippen LogP contribution in [0.15, 0.2) is 0 Å². The van der Waals surface area contributed by atoms with Crippen molar-refractivity contribution in [3.8, 4) is 0 Å². The van der Waals surface area contributed by atoms with Gasteiger partial charge in [-0.3, -0.25) is 4.79 Å². The van der Waals surface area contributed by atoms with Gasteiger partial charge in [-0.05, 0) is 33.6 Å². The van der Waals surface area contributed by atoms with Crippen LogP contribution >= 0.6 is 0 Å². The Morgan fingerprint density at radius 1 is 1.35 bits per heavy atom. The minimum Gasteiger partial charge on any atom is -0.458 e. The first kappa shape index (κ1) is 14.0. The van der Waals surface area contributed by atoms with Crippen LogP contribution in [0.4, 0.5) is 0 Å². The number of rotatable bonds is 4. The Balaban J connectivity index is 2.19. The number of hydrogen-bond acceptors (Lipinski definition) is 4. The number of ether oxygens (including phenoxy) is 2. The quantitative estimate of drug-likeness (QED) is 0.687. The lowest BCUT2D eigenvalue weighted by Crippen LogP contribution is -2.37. The predicted molar refractivity (Wildman–Crippen MR) is 62.1 cm³/mol. The van der Waals surface area contributed by atoms with Crippen molar-refractivity contribution < 1.29 is 19.1 Å². The van der Waals surface area contributed by atoms with Crippen LogP contribution in [-0.2, 0) is 19.1 Å². The SMILES string of the molecule is CC(C)(C)OC(=O)COC1CCN([C]=O)CC1. The molecule has 0 aromatic heterocycles. The Morgan fingerprint density at radius 2 is 1.94 bits per heavy atom. The summed E-state index contributed by atoms with van der Waals surface area (Å²) in [5.74, 6) is -0.345. The van der Waals surface area contributed by atoms with E-state index in [9.17, 15) is 9.59 Å². The fourth-order valence-electron chi connectivity index (χ4n) is 1.67. The molecule has 0 N–H and O–H groups in total. The van der Waals surface area contributed by atoms with E-state index in [1.807, 2.05) is 27.2 Å². The van der Waals surface area contributed by atoms with E-state index in [0.29, 0.717) is 13.1 Å². The van der Waals surface area contributed by atoms with Gasteiger partial charge in [0, 0.05) is 13.1 Å². The van der Waals surface area contributed by atoms with Gasteiger partial charge in [0.1, 0.15) is 12.2 Å². The molecule has 0 saturated carbocycles. The number of amides is 1. The maximum absolute atomic E-state index is 11.4.